The number of phosphoric acid groups is 1. The molecule has 0 aromatic heterocycles. The summed E-state index contributed by atoms with van der Waals surface area (Å²) >= 11 is 0. The van der Waals surface area contributed by atoms with Gasteiger partial charge in [-0.2, -0.15) is 4.65 Å². The van der Waals surface area contributed by atoms with Crippen LogP contribution in [0, 0.1) is 0 Å². The Labute approximate surface area is 187 Å². The molecule has 8 heteroatoms. The average Bonchev–Trinajstić information content (AvgIpc) is 2.79. The third kappa shape index (κ3) is 8.50. The third-order valence-electron chi connectivity index (χ3n) is 7.66. The Kier molecular flexibility index (Phi) is 14.2. The predicted molar refractivity (Wildman–Crippen MR) is 126 cm³/mol. The minimum Gasteiger partial charge on any atom is -0.322 e. The zero-order valence-electron chi connectivity index (χ0n) is 21.6. The van der Waals surface area contributed by atoms with Crippen LogP contribution in [0.1, 0.15) is 62.3 Å². The van der Waals surface area contributed by atoms with Gasteiger partial charge in [-0.1, -0.05) is 4.62 Å². The molecule has 0 bridgehead atoms. The van der Waals surface area contributed by atoms with Crippen molar-refractivity contribution in [1.82, 2.24) is 0 Å². The number of hydroxylamine groups is 3. The van der Waals surface area contributed by atoms with Crippen molar-refractivity contribution in [3.8, 4) is 0 Å². The fraction of sp³-hybridized carbons (Fsp3) is 1.00. The van der Waals surface area contributed by atoms with Crippen molar-refractivity contribution in [3.63, 3.8) is 0 Å². The molecular formula is C22H53N3O4P+3. The van der Waals surface area contributed by atoms with Crippen LogP contribution < -0.4 is 0 Å². The van der Waals surface area contributed by atoms with E-state index in [4.69, 9.17) is 13.7 Å². The van der Waals surface area contributed by atoms with Crippen LogP contribution in [0.2, 0.25) is 0 Å². The highest BCUT2D eigenvalue weighted by Gasteiger charge is 2.41. The Morgan fingerprint density at radius 2 is 0.833 bits per heavy atom. The molecule has 0 spiro atoms. The zero-order chi connectivity index (χ0) is 23.3. The van der Waals surface area contributed by atoms with E-state index in [0.717, 1.165) is 81.0 Å². The van der Waals surface area contributed by atoms with Crippen LogP contribution in [-0.4, -0.2) is 98.8 Å². The van der Waals surface area contributed by atoms with E-state index in [1.807, 2.05) is 0 Å². The van der Waals surface area contributed by atoms with Gasteiger partial charge in [0.25, 0.3) is 0 Å². The average molecular weight is 455 g/mol. The maximum atomic E-state index is 13.7. The molecule has 0 amide bonds. The van der Waals surface area contributed by atoms with Gasteiger partial charge in [0.1, 0.15) is 45.9 Å². The van der Waals surface area contributed by atoms with Crippen molar-refractivity contribution in [3.05, 3.63) is 0 Å². The van der Waals surface area contributed by atoms with Gasteiger partial charge < -0.3 is 8.97 Å². The highest BCUT2D eigenvalue weighted by molar-refractivity contribution is 7.48. The van der Waals surface area contributed by atoms with Gasteiger partial charge in [0.15, 0.2) is 0 Å². The second kappa shape index (κ2) is 14.2. The van der Waals surface area contributed by atoms with Crippen molar-refractivity contribution in [2.45, 2.75) is 62.3 Å². The lowest BCUT2D eigenvalue weighted by atomic mass is 10.3. The molecule has 0 aliphatic carbocycles. The molecular weight excluding hydrogens is 401 g/mol. The van der Waals surface area contributed by atoms with E-state index < -0.39 is 7.82 Å². The third-order valence-corrected chi connectivity index (χ3v) is 9.20. The number of phosphoric ester groups is 1. The fourth-order valence-electron chi connectivity index (χ4n) is 4.12. The van der Waals surface area contributed by atoms with Gasteiger partial charge in [-0.25, -0.2) is 4.57 Å². The van der Waals surface area contributed by atoms with Crippen molar-refractivity contribution < 1.29 is 31.8 Å². The lowest BCUT2D eigenvalue weighted by Crippen LogP contribution is -2.50. The van der Waals surface area contributed by atoms with Crippen LogP contribution in [0.4, 0.5) is 0 Å². The Bertz CT molecular complexity index is 438. The lowest BCUT2D eigenvalue weighted by molar-refractivity contribution is -1.08. The van der Waals surface area contributed by atoms with Gasteiger partial charge in [0.05, 0.1) is 39.3 Å². The summed E-state index contributed by atoms with van der Waals surface area (Å²) in [5, 5.41) is 0. The summed E-state index contributed by atoms with van der Waals surface area (Å²) in [6.45, 7) is 30.1. The van der Waals surface area contributed by atoms with Crippen LogP contribution in [0.25, 0.3) is 0 Å². The Morgan fingerprint density at radius 1 is 0.533 bits per heavy atom. The maximum absolute atomic E-state index is 13.7. The van der Waals surface area contributed by atoms with E-state index in [9.17, 15) is 4.57 Å². The first-order chi connectivity index (χ1) is 14.2. The highest BCUT2D eigenvalue weighted by atomic mass is 31.2. The summed E-state index contributed by atoms with van der Waals surface area (Å²) in [7, 11) is -3.67. The van der Waals surface area contributed by atoms with Crippen LogP contribution in [0.5, 0.6) is 0 Å². The molecule has 0 N–H and O–H groups in total. The van der Waals surface area contributed by atoms with Crippen LogP contribution in [0.3, 0.4) is 0 Å². The van der Waals surface area contributed by atoms with Gasteiger partial charge in [-0.15, -0.1) is 0 Å². The van der Waals surface area contributed by atoms with E-state index >= 15 is 0 Å². The van der Waals surface area contributed by atoms with Gasteiger partial charge in [-0.05, 0) is 62.3 Å². The fourth-order valence-corrected chi connectivity index (χ4v) is 5.67. The molecule has 0 heterocycles. The minimum atomic E-state index is -3.67. The van der Waals surface area contributed by atoms with Crippen molar-refractivity contribution in [2.24, 2.45) is 0 Å². The van der Waals surface area contributed by atoms with Crippen LogP contribution >= 0.6 is 7.82 Å². The Morgan fingerprint density at radius 3 is 1.07 bits per heavy atom. The molecule has 0 rings (SSSR count). The molecule has 0 radical (unpaired) electrons. The van der Waals surface area contributed by atoms with Crippen molar-refractivity contribution in [2.75, 3.05) is 85.2 Å². The number of rotatable bonds is 19. The molecule has 0 fully saturated rings. The van der Waals surface area contributed by atoms with Gasteiger partial charge >= 0.3 is 7.82 Å². The standard InChI is InChI=1S/C22H53N3O4P/c1-10-23(11-2,12-3)19-21-27-30(26,29-25(16-7,17-8)18-9)28-22-20-24(13-4,14-5)15-6/h10-22H2,1-9H3/q+3. The zero-order valence-corrected chi connectivity index (χ0v) is 22.5. The lowest BCUT2D eigenvalue weighted by Gasteiger charge is -2.38. The maximum Gasteiger partial charge on any atom is 0.521 e. The first-order valence-corrected chi connectivity index (χ1v) is 13.8. The topological polar surface area (TPSA) is 44.8 Å². The summed E-state index contributed by atoms with van der Waals surface area (Å²) < 4.78 is 33.9. The molecule has 0 aromatic carbocycles. The smallest absolute Gasteiger partial charge is 0.322 e. The Hall–Kier alpha value is -0.0100. The minimum absolute atomic E-state index is 0.280. The molecule has 30 heavy (non-hydrogen) atoms. The number of hydrogen-bond donors (Lipinski definition) is 0. The van der Waals surface area contributed by atoms with Gasteiger partial charge in [0, 0.05) is 0 Å². The summed E-state index contributed by atoms with van der Waals surface area (Å²) in [6.07, 6.45) is 0. The normalized spacial score (nSPS) is 13.8. The number of quaternary nitrogens is 3. The second-order valence-corrected chi connectivity index (χ2v) is 9.80. The molecule has 0 aromatic rings. The van der Waals surface area contributed by atoms with Gasteiger partial charge in [-0.3, -0.25) is 9.05 Å². The van der Waals surface area contributed by atoms with E-state index in [1.165, 1.54) is 0 Å². The SMILES string of the molecule is CC[N+](CC)(CC)CCOP(=O)(OCC[N+](CC)(CC)CC)O[N+](CC)(CC)CC. The first-order valence-electron chi connectivity index (χ1n) is 12.3. The molecule has 0 saturated carbocycles. The van der Waals surface area contributed by atoms with Crippen LogP contribution in [0.15, 0.2) is 0 Å². The van der Waals surface area contributed by atoms with E-state index in [2.05, 4.69) is 62.3 Å². The van der Waals surface area contributed by atoms with Crippen molar-refractivity contribution >= 4 is 7.82 Å². The molecule has 0 aliphatic rings. The second-order valence-electron chi connectivity index (χ2n) is 8.23. The molecule has 0 saturated heterocycles. The number of hydrogen-bond acceptors (Lipinski definition) is 4. The van der Waals surface area contributed by atoms with E-state index in [1.54, 1.807) is 0 Å². The Balaban J connectivity index is 5.38. The highest BCUT2D eigenvalue weighted by Crippen LogP contribution is 2.52. The molecule has 7 nitrogen and oxygen atoms in total. The quantitative estimate of drug-likeness (QED) is 0.161. The van der Waals surface area contributed by atoms with Crippen molar-refractivity contribution in [1.29, 1.82) is 0 Å². The van der Waals surface area contributed by atoms with E-state index in [0.29, 0.717) is 13.2 Å². The summed E-state index contributed by atoms with van der Waals surface area (Å²) in [4.78, 5) is 0. The monoisotopic (exact) mass is 454 g/mol. The molecule has 182 valence electrons. The molecule has 0 unspecified atom stereocenters. The molecule has 0 atom stereocenters. The van der Waals surface area contributed by atoms with E-state index in [-0.39, 0.29) is 4.65 Å². The van der Waals surface area contributed by atoms with Crippen LogP contribution in [-0.2, 0) is 18.2 Å². The summed E-state index contributed by atoms with van der Waals surface area (Å²) in [6, 6.07) is 0. The van der Waals surface area contributed by atoms with Gasteiger partial charge in [0.2, 0.25) is 0 Å². The first kappa shape index (κ1) is 30.0. The number of likely N-dealkylation sites (N-methyl/N-ethyl adjacent to an activating group) is 2. The number of nitrogens with zero attached hydrogens (tertiary/aromatic N) is 3. The molecule has 0 aliphatic heterocycles. The predicted octanol–water partition coefficient (Wildman–Crippen LogP) is 4.69. The summed E-state index contributed by atoms with van der Waals surface area (Å²) in [5.74, 6) is 0. The largest absolute Gasteiger partial charge is 0.521 e. The summed E-state index contributed by atoms with van der Waals surface area (Å²) in [5.41, 5.74) is 0.